The Morgan fingerprint density at radius 2 is 1.53 bits per heavy atom. The minimum absolute atomic E-state index is 0.0382. The molecule has 0 saturated heterocycles. The summed E-state index contributed by atoms with van der Waals surface area (Å²) >= 11 is 0. The second kappa shape index (κ2) is 7.81. The van der Waals surface area contributed by atoms with Crippen LogP contribution in [-0.2, 0) is 9.59 Å². The summed E-state index contributed by atoms with van der Waals surface area (Å²) in [5.74, 6) is 1.30. The smallest absolute Gasteiger partial charge is 0.139 e. The van der Waals surface area contributed by atoms with E-state index < -0.39 is 0 Å². The molecule has 0 aliphatic heterocycles. The summed E-state index contributed by atoms with van der Waals surface area (Å²) in [4.78, 5) is 23.8. The van der Waals surface area contributed by atoms with Crippen LogP contribution in [0.25, 0.3) is 0 Å². The van der Waals surface area contributed by atoms with Crippen LogP contribution < -0.4 is 0 Å². The van der Waals surface area contributed by atoms with Crippen molar-refractivity contribution in [3.8, 4) is 0 Å². The maximum absolute atomic E-state index is 12.1. The van der Waals surface area contributed by atoms with Crippen LogP contribution in [0.5, 0.6) is 0 Å². The van der Waals surface area contributed by atoms with E-state index in [0.29, 0.717) is 0 Å². The summed E-state index contributed by atoms with van der Waals surface area (Å²) in [6.45, 7) is 14.0. The van der Waals surface area contributed by atoms with Crippen molar-refractivity contribution in [1.82, 2.24) is 0 Å². The number of rotatable bonds is 3. The first-order chi connectivity index (χ1) is 8.62. The van der Waals surface area contributed by atoms with Crippen molar-refractivity contribution < 1.29 is 9.59 Å². The standard InChI is InChI=1S/C13H22O2.C4H10/c1-9(2)12(15)11-7-5-6-8-13(11,4)10(3)14;1-4(2)3/h9,11H,5-8H2,1-4H3;4H,1-3H3. The van der Waals surface area contributed by atoms with Gasteiger partial charge in [-0.3, -0.25) is 9.59 Å². The van der Waals surface area contributed by atoms with E-state index in [4.69, 9.17) is 0 Å². The van der Waals surface area contributed by atoms with Crippen LogP contribution in [0.4, 0.5) is 0 Å². The first-order valence-corrected chi connectivity index (χ1v) is 7.67. The maximum atomic E-state index is 12.1. The van der Waals surface area contributed by atoms with E-state index in [0.717, 1.165) is 31.6 Å². The third-order valence-corrected chi connectivity index (χ3v) is 3.92. The molecule has 0 amide bonds. The average molecular weight is 268 g/mol. The highest BCUT2D eigenvalue weighted by molar-refractivity contribution is 5.92. The first kappa shape index (κ1) is 18.3. The molecule has 2 unspecified atom stereocenters. The van der Waals surface area contributed by atoms with Gasteiger partial charge in [-0.15, -0.1) is 0 Å². The molecule has 1 aliphatic rings. The molecule has 0 aromatic carbocycles. The number of carbonyl (C=O) groups excluding carboxylic acids is 2. The molecule has 1 saturated carbocycles. The van der Waals surface area contributed by atoms with Crippen LogP contribution >= 0.6 is 0 Å². The van der Waals surface area contributed by atoms with Crippen molar-refractivity contribution in [3.05, 3.63) is 0 Å². The summed E-state index contributed by atoms with van der Waals surface area (Å²) in [7, 11) is 0. The van der Waals surface area contributed by atoms with E-state index in [1.807, 2.05) is 20.8 Å². The van der Waals surface area contributed by atoms with Gasteiger partial charge in [0.2, 0.25) is 0 Å². The van der Waals surface area contributed by atoms with Gasteiger partial charge in [-0.25, -0.2) is 0 Å². The lowest BCUT2D eigenvalue weighted by Gasteiger charge is -2.39. The molecule has 1 aliphatic carbocycles. The Hall–Kier alpha value is -0.660. The predicted octanol–water partition coefficient (Wildman–Crippen LogP) is 4.66. The lowest BCUT2D eigenvalue weighted by Crippen LogP contribution is -2.42. The SMILES string of the molecule is CC(=O)C1(C)CCCCC1C(=O)C(C)C.CC(C)C. The lowest BCUT2D eigenvalue weighted by atomic mass is 9.62. The number of ketones is 2. The molecule has 0 aromatic heterocycles. The summed E-state index contributed by atoms with van der Waals surface area (Å²) < 4.78 is 0. The lowest BCUT2D eigenvalue weighted by molar-refractivity contribution is -0.141. The van der Waals surface area contributed by atoms with Crippen molar-refractivity contribution >= 4 is 11.6 Å². The highest BCUT2D eigenvalue weighted by atomic mass is 16.1. The van der Waals surface area contributed by atoms with Crippen molar-refractivity contribution in [3.63, 3.8) is 0 Å². The molecule has 2 heteroatoms. The van der Waals surface area contributed by atoms with E-state index in [2.05, 4.69) is 20.8 Å². The zero-order chi connectivity index (χ0) is 15.2. The van der Waals surface area contributed by atoms with E-state index in [1.54, 1.807) is 6.92 Å². The van der Waals surface area contributed by atoms with Crippen LogP contribution in [0, 0.1) is 23.2 Å². The summed E-state index contributed by atoms with van der Waals surface area (Å²) in [5, 5.41) is 0. The Kier molecular flexibility index (Phi) is 7.54. The summed E-state index contributed by atoms with van der Waals surface area (Å²) in [6, 6.07) is 0. The Bertz CT molecular complexity index is 302. The van der Waals surface area contributed by atoms with Gasteiger partial charge in [-0.1, -0.05) is 54.4 Å². The fourth-order valence-electron chi connectivity index (χ4n) is 2.61. The van der Waals surface area contributed by atoms with E-state index in [9.17, 15) is 9.59 Å². The maximum Gasteiger partial charge on any atom is 0.139 e. The zero-order valence-electron chi connectivity index (χ0n) is 13.9. The van der Waals surface area contributed by atoms with Crippen molar-refractivity contribution in [2.75, 3.05) is 0 Å². The number of hydrogen-bond donors (Lipinski definition) is 0. The van der Waals surface area contributed by atoms with Gasteiger partial charge in [0, 0.05) is 17.3 Å². The second-order valence-electron chi connectivity index (χ2n) is 7.06. The van der Waals surface area contributed by atoms with Gasteiger partial charge in [-0.2, -0.15) is 0 Å². The van der Waals surface area contributed by atoms with Crippen LogP contribution in [0.1, 0.15) is 74.1 Å². The third-order valence-electron chi connectivity index (χ3n) is 3.92. The molecule has 1 fully saturated rings. The number of hydrogen-bond acceptors (Lipinski definition) is 2. The Balaban J connectivity index is 0.000000711. The Morgan fingerprint density at radius 1 is 1.05 bits per heavy atom. The van der Waals surface area contributed by atoms with Crippen LogP contribution in [0.3, 0.4) is 0 Å². The second-order valence-corrected chi connectivity index (χ2v) is 7.06. The normalized spacial score (nSPS) is 26.9. The fraction of sp³-hybridized carbons (Fsp3) is 0.882. The monoisotopic (exact) mass is 268 g/mol. The van der Waals surface area contributed by atoms with E-state index in [1.165, 1.54) is 0 Å². The minimum atomic E-state index is -0.389. The molecule has 1 rings (SSSR count). The van der Waals surface area contributed by atoms with Gasteiger partial charge < -0.3 is 0 Å². The topological polar surface area (TPSA) is 34.1 Å². The molecule has 2 nitrogen and oxygen atoms in total. The predicted molar refractivity (Wildman–Crippen MR) is 81.1 cm³/mol. The van der Waals surface area contributed by atoms with Crippen molar-refractivity contribution in [2.24, 2.45) is 23.2 Å². The van der Waals surface area contributed by atoms with Gasteiger partial charge in [0.15, 0.2) is 0 Å². The largest absolute Gasteiger partial charge is 0.299 e. The molecule has 0 bridgehead atoms. The molecule has 0 spiro atoms. The van der Waals surface area contributed by atoms with Crippen LogP contribution in [-0.4, -0.2) is 11.6 Å². The quantitative estimate of drug-likeness (QED) is 0.746. The van der Waals surface area contributed by atoms with Crippen LogP contribution in [0.15, 0.2) is 0 Å². The van der Waals surface area contributed by atoms with Crippen LogP contribution in [0.2, 0.25) is 0 Å². The molecule has 0 N–H and O–H groups in total. The van der Waals surface area contributed by atoms with Gasteiger partial charge in [0.05, 0.1) is 0 Å². The van der Waals surface area contributed by atoms with Gasteiger partial charge in [0.25, 0.3) is 0 Å². The molecular weight excluding hydrogens is 236 g/mol. The zero-order valence-corrected chi connectivity index (χ0v) is 13.9. The molecule has 0 radical (unpaired) electrons. The molecular formula is C17H32O2. The van der Waals surface area contributed by atoms with Gasteiger partial charge in [-0.05, 0) is 25.7 Å². The van der Waals surface area contributed by atoms with E-state index >= 15 is 0 Å². The third kappa shape index (κ3) is 5.46. The number of Topliss-reactive ketones (excluding diaryl/α,β-unsaturated/α-hetero) is 2. The van der Waals surface area contributed by atoms with Crippen molar-refractivity contribution in [1.29, 1.82) is 0 Å². The average Bonchev–Trinajstić information content (AvgIpc) is 2.27. The fourth-order valence-corrected chi connectivity index (χ4v) is 2.61. The van der Waals surface area contributed by atoms with Gasteiger partial charge in [0.1, 0.15) is 11.6 Å². The highest BCUT2D eigenvalue weighted by Gasteiger charge is 2.44. The molecule has 19 heavy (non-hydrogen) atoms. The minimum Gasteiger partial charge on any atom is -0.299 e. The Morgan fingerprint density at radius 3 is 1.89 bits per heavy atom. The molecule has 0 aromatic rings. The Labute approximate surface area is 119 Å². The first-order valence-electron chi connectivity index (χ1n) is 7.67. The highest BCUT2D eigenvalue weighted by Crippen LogP contribution is 2.43. The van der Waals surface area contributed by atoms with E-state index in [-0.39, 0.29) is 28.8 Å². The molecule has 112 valence electrons. The summed E-state index contributed by atoms with van der Waals surface area (Å²) in [5.41, 5.74) is -0.389. The number of carbonyl (C=O) groups is 2. The van der Waals surface area contributed by atoms with Crippen molar-refractivity contribution in [2.45, 2.75) is 74.1 Å². The summed E-state index contributed by atoms with van der Waals surface area (Å²) in [6.07, 6.45) is 3.95. The molecule has 0 heterocycles. The van der Waals surface area contributed by atoms with Gasteiger partial charge >= 0.3 is 0 Å². The molecule has 2 atom stereocenters.